The number of pyridine rings is 2. The maximum absolute atomic E-state index is 13.8. The van der Waals surface area contributed by atoms with Gasteiger partial charge in [-0.15, -0.1) is 0 Å². The number of nitrogen functional groups attached to an aromatic ring is 1. The third-order valence-corrected chi connectivity index (χ3v) is 10.1. The van der Waals surface area contributed by atoms with Gasteiger partial charge in [-0.1, -0.05) is 36.4 Å². The molecule has 1 atom stereocenters. The van der Waals surface area contributed by atoms with E-state index in [1.165, 1.54) is 0 Å². The average molecular weight is 770 g/mol. The molecule has 5 heterocycles. The molecule has 0 spiro atoms. The van der Waals surface area contributed by atoms with Gasteiger partial charge in [0.15, 0.2) is 23.6 Å². The number of aryl methyl sites for hydroxylation is 1. The fourth-order valence-corrected chi connectivity index (χ4v) is 7.44. The summed E-state index contributed by atoms with van der Waals surface area (Å²) in [5, 5.41) is 7.66. The third-order valence-electron chi connectivity index (χ3n) is 9.53. The third kappa shape index (κ3) is 6.32. The largest absolute Gasteiger partial charge is 0.488 e. The zero-order chi connectivity index (χ0) is 35.9. The minimum Gasteiger partial charge on any atom is -0.488 e. The molecule has 0 bridgehead atoms. The predicted molar refractivity (Wildman–Crippen MR) is 202 cm³/mol. The number of halogens is 1. The van der Waals surface area contributed by atoms with Crippen LogP contribution >= 0.6 is 15.9 Å². The van der Waals surface area contributed by atoms with Crippen LogP contribution in [-0.2, 0) is 22.5 Å². The highest BCUT2D eigenvalue weighted by Crippen LogP contribution is 2.38. The number of imidazole rings is 1. The highest BCUT2D eigenvalue weighted by Gasteiger charge is 2.29. The first kappa shape index (κ1) is 33.0. The van der Waals surface area contributed by atoms with E-state index in [1.54, 1.807) is 23.1 Å². The van der Waals surface area contributed by atoms with Crippen molar-refractivity contribution in [2.45, 2.75) is 31.8 Å². The van der Waals surface area contributed by atoms with Crippen LogP contribution in [0.3, 0.4) is 0 Å². The Morgan fingerprint density at radius 1 is 0.943 bits per heavy atom. The number of rotatable bonds is 9. The molecule has 1 aliphatic heterocycles. The van der Waals surface area contributed by atoms with Gasteiger partial charge in [0, 0.05) is 29.8 Å². The number of amides is 1. The maximum Gasteiger partial charge on any atom is 0.251 e. The molecule has 264 valence electrons. The van der Waals surface area contributed by atoms with Crippen molar-refractivity contribution in [3.63, 3.8) is 0 Å². The number of nitrogens with two attached hydrogens (primary N) is 1. The van der Waals surface area contributed by atoms with Crippen LogP contribution in [0.15, 0.2) is 114 Å². The Morgan fingerprint density at radius 2 is 1.81 bits per heavy atom. The van der Waals surface area contributed by atoms with E-state index >= 15 is 0 Å². The van der Waals surface area contributed by atoms with Crippen LogP contribution in [0.1, 0.15) is 51.4 Å². The van der Waals surface area contributed by atoms with Crippen molar-refractivity contribution in [2.24, 2.45) is 0 Å². The van der Waals surface area contributed by atoms with Gasteiger partial charge in [-0.2, -0.15) is 5.10 Å². The Hall–Kier alpha value is -5.89. The van der Waals surface area contributed by atoms with Crippen molar-refractivity contribution in [3.05, 3.63) is 142 Å². The Morgan fingerprint density at radius 3 is 2.62 bits per heavy atom. The molecule has 0 saturated carbocycles. The van der Waals surface area contributed by atoms with Gasteiger partial charge < -0.3 is 25.3 Å². The lowest BCUT2D eigenvalue weighted by molar-refractivity contribution is -0.0459. The Bertz CT molecular complexity index is 2460. The van der Waals surface area contributed by atoms with Gasteiger partial charge in [0.25, 0.3) is 5.91 Å². The molecule has 3 N–H and O–H groups in total. The van der Waals surface area contributed by atoms with Crippen LogP contribution in [0.4, 0.5) is 5.82 Å². The smallest absolute Gasteiger partial charge is 0.251 e. The van der Waals surface area contributed by atoms with Gasteiger partial charge >= 0.3 is 0 Å². The molecule has 53 heavy (non-hydrogen) atoms. The lowest BCUT2D eigenvalue weighted by Gasteiger charge is -2.19. The summed E-state index contributed by atoms with van der Waals surface area (Å²) in [5.74, 6) is 2.04. The zero-order valence-electron chi connectivity index (χ0n) is 28.4. The number of carbonyl (C=O) groups is 1. The van der Waals surface area contributed by atoms with Gasteiger partial charge in [-0.3, -0.25) is 9.36 Å². The van der Waals surface area contributed by atoms with Gasteiger partial charge in [-0.25, -0.2) is 19.6 Å². The molecule has 0 radical (unpaired) electrons. The molecule has 1 fully saturated rings. The molecule has 12 nitrogen and oxygen atoms in total. The molecule has 4 aromatic heterocycles. The molecule has 0 unspecified atom stereocenters. The summed E-state index contributed by atoms with van der Waals surface area (Å²) in [6.07, 6.45) is 6.15. The summed E-state index contributed by atoms with van der Waals surface area (Å²) < 4.78 is 22.3. The summed E-state index contributed by atoms with van der Waals surface area (Å²) in [5.41, 5.74) is 13.7. The highest BCUT2D eigenvalue weighted by molar-refractivity contribution is 9.10. The molecule has 1 saturated heterocycles. The number of ether oxygens (including phenoxy) is 3. The molecular formula is C40H33BrN8O4. The predicted octanol–water partition coefficient (Wildman–Crippen LogP) is 7.05. The second-order valence-corrected chi connectivity index (χ2v) is 13.7. The monoisotopic (exact) mass is 768 g/mol. The van der Waals surface area contributed by atoms with Crippen LogP contribution in [0.5, 0.6) is 5.75 Å². The minimum atomic E-state index is -0.601. The van der Waals surface area contributed by atoms with Crippen LogP contribution in [0.2, 0.25) is 0 Å². The number of hydrogen-bond donors (Lipinski definition) is 2. The van der Waals surface area contributed by atoms with Gasteiger partial charge in [-0.05, 0) is 100 Å². The number of fused-ring (bicyclic) bond motifs is 2. The van der Waals surface area contributed by atoms with Crippen LogP contribution in [0.25, 0.3) is 34.1 Å². The van der Waals surface area contributed by atoms with E-state index in [0.717, 1.165) is 39.7 Å². The molecule has 1 aliphatic carbocycles. The number of hydrogen-bond acceptors (Lipinski definition) is 9. The molecule has 1 amide bonds. The number of aromatic nitrogens is 6. The second-order valence-electron chi connectivity index (χ2n) is 12.8. The number of benzene rings is 3. The maximum atomic E-state index is 13.8. The Kier molecular flexibility index (Phi) is 8.66. The molecule has 3 aromatic carbocycles. The van der Waals surface area contributed by atoms with Crippen molar-refractivity contribution in [1.29, 1.82) is 0 Å². The quantitative estimate of drug-likeness (QED) is 0.158. The topological polar surface area (TPSA) is 144 Å². The summed E-state index contributed by atoms with van der Waals surface area (Å²) in [7, 11) is 0. The summed E-state index contributed by atoms with van der Waals surface area (Å²) >= 11 is 3.72. The average Bonchev–Trinajstić information content (AvgIpc) is 4.02. The van der Waals surface area contributed by atoms with E-state index in [4.69, 9.17) is 29.9 Å². The van der Waals surface area contributed by atoms with Gasteiger partial charge in [0.2, 0.25) is 0 Å². The number of nitrogens with one attached hydrogen (secondary N) is 1. The van der Waals surface area contributed by atoms with Crippen LogP contribution < -0.4 is 15.8 Å². The summed E-state index contributed by atoms with van der Waals surface area (Å²) in [4.78, 5) is 28.1. The van der Waals surface area contributed by atoms with Gasteiger partial charge in [0.1, 0.15) is 23.7 Å². The number of anilines is 1. The molecule has 2 aliphatic rings. The van der Waals surface area contributed by atoms with Crippen molar-refractivity contribution in [2.75, 3.05) is 18.9 Å². The first-order valence-electron chi connectivity index (χ1n) is 17.3. The van der Waals surface area contributed by atoms with Crippen molar-refractivity contribution >= 4 is 38.8 Å². The van der Waals surface area contributed by atoms with E-state index in [2.05, 4.69) is 43.5 Å². The van der Waals surface area contributed by atoms with Crippen LogP contribution in [-0.4, -0.2) is 48.4 Å². The lowest BCUT2D eigenvalue weighted by Crippen LogP contribution is -2.27. The van der Waals surface area contributed by atoms with E-state index in [9.17, 15) is 4.79 Å². The first-order chi connectivity index (χ1) is 26.0. The molecular weight excluding hydrogens is 736 g/mol. The molecule has 7 aromatic rings. The summed E-state index contributed by atoms with van der Waals surface area (Å²) in [6, 6.07) is 28.9. The van der Waals surface area contributed by atoms with Crippen molar-refractivity contribution in [1.82, 2.24) is 34.6 Å². The van der Waals surface area contributed by atoms with E-state index in [-0.39, 0.29) is 11.9 Å². The molecule has 13 heteroatoms. The Labute approximate surface area is 312 Å². The van der Waals surface area contributed by atoms with E-state index in [0.29, 0.717) is 70.9 Å². The Balaban J connectivity index is 1.02. The normalized spacial score (nSPS) is 15.5. The lowest BCUT2D eigenvalue weighted by atomic mass is 10.1. The second kappa shape index (κ2) is 13.9. The van der Waals surface area contributed by atoms with Gasteiger partial charge in [0.05, 0.1) is 34.9 Å². The van der Waals surface area contributed by atoms with E-state index in [1.807, 2.05) is 83.6 Å². The number of carbonyl (C=O) groups excluding carboxylic acids is 1. The fraction of sp³-hybridized carbons (Fsp3) is 0.175. The molecule has 9 rings (SSSR count). The first-order valence-corrected chi connectivity index (χ1v) is 18.1. The summed E-state index contributed by atoms with van der Waals surface area (Å²) in [6.45, 7) is 1.34. The SMILES string of the molecule is Nc1ncccc1-c1nc2c(Br)cc(-n3cccn3)nc2n1-c1ccc2c(c1)CC[C@@H]2NC(=O)c1ccc(OCc2ccccc2)c(C2OCCO2)c1. The highest BCUT2D eigenvalue weighted by atomic mass is 79.9. The van der Waals surface area contributed by atoms with Crippen LogP contribution in [0, 0.1) is 0 Å². The zero-order valence-corrected chi connectivity index (χ0v) is 29.9. The standard InChI is InChI=1S/C40H33BrN8O4/c41-31-22-34(48-17-5-16-44-48)46-38-35(31)47-37(29-8-4-15-43-36(29)42)49(38)27-11-12-28-25(20-27)9-13-32(28)45-39(50)26-10-14-33(30(21-26)40-51-18-19-52-40)53-23-24-6-2-1-3-7-24/h1-8,10-12,14-17,20-22,32,40H,9,13,18-19,23H2,(H2,42,43)(H,45,50)/t32-/m0/s1. The van der Waals surface area contributed by atoms with E-state index < -0.39 is 6.29 Å². The van der Waals surface area contributed by atoms with Crippen molar-refractivity contribution < 1.29 is 19.0 Å². The fourth-order valence-electron chi connectivity index (χ4n) is 6.96. The van der Waals surface area contributed by atoms with Crippen molar-refractivity contribution in [3.8, 4) is 28.6 Å². The minimum absolute atomic E-state index is 0.172. The number of nitrogens with zero attached hydrogens (tertiary/aromatic N) is 6.